The van der Waals surface area contributed by atoms with E-state index >= 15 is 0 Å². The number of methoxy groups -OCH3 is 1. The van der Waals surface area contributed by atoms with E-state index in [0.29, 0.717) is 36.8 Å². The van der Waals surface area contributed by atoms with Crippen molar-refractivity contribution in [2.24, 2.45) is 5.92 Å². The molecule has 2 heterocycles. The first-order valence-corrected chi connectivity index (χ1v) is 13.1. The number of hydrogen-bond acceptors (Lipinski definition) is 4. The number of ether oxygens (including phenoxy) is 1. The summed E-state index contributed by atoms with van der Waals surface area (Å²) in [5, 5.41) is 0.426. The summed E-state index contributed by atoms with van der Waals surface area (Å²) in [6, 6.07) is 23.3. The van der Waals surface area contributed by atoms with Crippen molar-refractivity contribution in [2.75, 3.05) is 51.3 Å². The van der Waals surface area contributed by atoms with Crippen LogP contribution in [0, 0.1) is 12.8 Å². The average Bonchev–Trinajstić information content (AvgIpc) is 3.38. The molecule has 37 heavy (non-hydrogen) atoms. The molecule has 2 aliphatic rings. The molecule has 0 saturated carbocycles. The summed E-state index contributed by atoms with van der Waals surface area (Å²) in [5.74, 6) is 0.327. The summed E-state index contributed by atoms with van der Waals surface area (Å²) in [4.78, 5) is 33.4. The Labute approximate surface area is 223 Å². The van der Waals surface area contributed by atoms with E-state index in [1.54, 1.807) is 24.1 Å². The first kappa shape index (κ1) is 25.2. The van der Waals surface area contributed by atoms with Crippen molar-refractivity contribution in [2.45, 2.75) is 12.8 Å². The molecule has 7 heteroatoms. The Balaban J connectivity index is 1.35. The van der Waals surface area contributed by atoms with E-state index in [9.17, 15) is 9.59 Å². The van der Waals surface area contributed by atoms with Gasteiger partial charge in [0.2, 0.25) is 5.91 Å². The minimum absolute atomic E-state index is 0.0979. The number of aryl methyl sites for hydroxylation is 1. The Bertz CT molecular complexity index is 1270. The SMILES string of the molecule is COc1ccc([C@H]2CN(C(=O)c3ccccc3Cl)C[C@H]2C(=O)N2CCN(c3ccccc3C)CC2)cc1. The van der Waals surface area contributed by atoms with Crippen LogP contribution in [0.4, 0.5) is 5.69 Å². The summed E-state index contributed by atoms with van der Waals surface area (Å²) >= 11 is 6.34. The fraction of sp³-hybridized carbons (Fsp3) is 0.333. The van der Waals surface area contributed by atoms with Gasteiger partial charge in [-0.3, -0.25) is 9.59 Å². The van der Waals surface area contributed by atoms with Crippen LogP contribution >= 0.6 is 11.6 Å². The van der Waals surface area contributed by atoms with Crippen LogP contribution < -0.4 is 9.64 Å². The van der Waals surface area contributed by atoms with E-state index in [4.69, 9.17) is 16.3 Å². The van der Waals surface area contributed by atoms with Gasteiger partial charge in [0.1, 0.15) is 5.75 Å². The lowest BCUT2D eigenvalue weighted by Crippen LogP contribution is -2.51. The van der Waals surface area contributed by atoms with E-state index in [0.717, 1.165) is 24.4 Å². The van der Waals surface area contributed by atoms with Crippen molar-refractivity contribution in [3.63, 3.8) is 0 Å². The molecular formula is C30H32ClN3O3. The number of anilines is 1. The number of likely N-dealkylation sites (tertiary alicyclic amines) is 1. The number of nitrogens with zero attached hydrogens (tertiary/aromatic N) is 3. The number of para-hydroxylation sites is 1. The van der Waals surface area contributed by atoms with Crippen molar-refractivity contribution < 1.29 is 14.3 Å². The predicted octanol–water partition coefficient (Wildman–Crippen LogP) is 4.86. The van der Waals surface area contributed by atoms with E-state index in [2.05, 4.69) is 30.0 Å². The molecule has 5 rings (SSSR count). The molecule has 3 aromatic carbocycles. The second-order valence-corrected chi connectivity index (χ2v) is 10.2. The van der Waals surface area contributed by atoms with Crippen LogP contribution in [0.2, 0.25) is 5.02 Å². The second-order valence-electron chi connectivity index (χ2n) is 9.77. The quantitative estimate of drug-likeness (QED) is 0.485. The monoisotopic (exact) mass is 517 g/mol. The Morgan fingerprint density at radius 2 is 1.51 bits per heavy atom. The highest BCUT2D eigenvalue weighted by atomic mass is 35.5. The van der Waals surface area contributed by atoms with Gasteiger partial charge in [-0.05, 0) is 48.4 Å². The van der Waals surface area contributed by atoms with Crippen LogP contribution in [-0.4, -0.2) is 68.0 Å². The Morgan fingerprint density at radius 1 is 0.838 bits per heavy atom. The van der Waals surface area contributed by atoms with Crippen LogP contribution in [-0.2, 0) is 4.79 Å². The molecule has 0 aliphatic carbocycles. The van der Waals surface area contributed by atoms with Crippen molar-refractivity contribution in [1.29, 1.82) is 0 Å². The van der Waals surface area contributed by atoms with Gasteiger partial charge in [0.15, 0.2) is 0 Å². The maximum Gasteiger partial charge on any atom is 0.255 e. The minimum atomic E-state index is -0.315. The summed E-state index contributed by atoms with van der Waals surface area (Å²) in [6.07, 6.45) is 0. The van der Waals surface area contributed by atoms with Crippen LogP contribution in [0.5, 0.6) is 5.75 Å². The first-order chi connectivity index (χ1) is 18.0. The number of rotatable bonds is 5. The molecule has 0 radical (unpaired) electrons. The molecule has 0 N–H and O–H groups in total. The molecule has 2 atom stereocenters. The Hall–Kier alpha value is -3.51. The van der Waals surface area contributed by atoms with E-state index in [-0.39, 0.29) is 23.7 Å². The number of halogens is 1. The van der Waals surface area contributed by atoms with Crippen molar-refractivity contribution in [3.8, 4) is 5.75 Å². The van der Waals surface area contributed by atoms with Crippen molar-refractivity contribution in [3.05, 3.63) is 94.5 Å². The molecule has 0 unspecified atom stereocenters. The normalized spacial score (nSPS) is 19.7. The molecule has 0 aromatic heterocycles. The van der Waals surface area contributed by atoms with Gasteiger partial charge in [-0.2, -0.15) is 0 Å². The van der Waals surface area contributed by atoms with Gasteiger partial charge in [0, 0.05) is 50.9 Å². The lowest BCUT2D eigenvalue weighted by Gasteiger charge is -2.38. The third kappa shape index (κ3) is 5.16. The smallest absolute Gasteiger partial charge is 0.255 e. The summed E-state index contributed by atoms with van der Waals surface area (Å²) in [6.45, 7) is 5.87. The molecule has 2 fully saturated rings. The van der Waals surface area contributed by atoms with Gasteiger partial charge in [-0.1, -0.05) is 54.1 Å². The van der Waals surface area contributed by atoms with Crippen molar-refractivity contribution >= 4 is 29.1 Å². The van der Waals surface area contributed by atoms with Crippen LogP contribution in [0.3, 0.4) is 0 Å². The average molecular weight is 518 g/mol. The maximum absolute atomic E-state index is 13.9. The largest absolute Gasteiger partial charge is 0.497 e. The number of carbonyl (C=O) groups is 2. The van der Waals surface area contributed by atoms with Gasteiger partial charge in [-0.15, -0.1) is 0 Å². The lowest BCUT2D eigenvalue weighted by molar-refractivity contribution is -0.135. The lowest BCUT2D eigenvalue weighted by atomic mass is 9.87. The van der Waals surface area contributed by atoms with Crippen LogP contribution in [0.1, 0.15) is 27.4 Å². The maximum atomic E-state index is 13.9. The van der Waals surface area contributed by atoms with Gasteiger partial charge in [0.25, 0.3) is 5.91 Å². The number of amides is 2. The molecule has 6 nitrogen and oxygen atoms in total. The highest BCUT2D eigenvalue weighted by Crippen LogP contribution is 2.36. The number of piperazine rings is 1. The van der Waals surface area contributed by atoms with Crippen molar-refractivity contribution in [1.82, 2.24) is 9.80 Å². The molecule has 3 aromatic rings. The fourth-order valence-electron chi connectivity index (χ4n) is 5.53. The molecule has 2 aliphatic heterocycles. The third-order valence-electron chi connectivity index (χ3n) is 7.62. The highest BCUT2D eigenvalue weighted by molar-refractivity contribution is 6.33. The topological polar surface area (TPSA) is 53.1 Å². The third-order valence-corrected chi connectivity index (χ3v) is 7.95. The zero-order valence-electron chi connectivity index (χ0n) is 21.3. The fourth-order valence-corrected chi connectivity index (χ4v) is 5.75. The molecule has 192 valence electrons. The molecule has 0 spiro atoms. The summed E-state index contributed by atoms with van der Waals surface area (Å²) < 4.78 is 5.33. The van der Waals surface area contributed by atoms with E-state index < -0.39 is 0 Å². The number of benzene rings is 3. The Morgan fingerprint density at radius 3 is 2.19 bits per heavy atom. The number of carbonyl (C=O) groups excluding carboxylic acids is 2. The van der Waals surface area contributed by atoms with Crippen LogP contribution in [0.15, 0.2) is 72.8 Å². The number of hydrogen-bond donors (Lipinski definition) is 0. The Kier molecular flexibility index (Phi) is 7.38. The van der Waals surface area contributed by atoms with Crippen LogP contribution in [0.25, 0.3) is 0 Å². The highest BCUT2D eigenvalue weighted by Gasteiger charge is 2.43. The zero-order valence-corrected chi connectivity index (χ0v) is 22.0. The molecule has 2 saturated heterocycles. The minimum Gasteiger partial charge on any atom is -0.497 e. The van der Waals surface area contributed by atoms with Gasteiger partial charge in [0.05, 0.1) is 23.6 Å². The summed E-state index contributed by atoms with van der Waals surface area (Å²) in [7, 11) is 1.64. The van der Waals surface area contributed by atoms with Gasteiger partial charge in [-0.25, -0.2) is 0 Å². The standard InChI is InChI=1S/C30H32ClN3O3/c1-21-7-3-6-10-28(21)32-15-17-33(18-16-32)30(36)26-20-34(29(35)24-8-4-5-9-27(24)31)19-25(26)22-11-13-23(37-2)14-12-22/h3-14,25-26H,15-20H2,1-2H3/t25-,26-/m1/s1. The molecule has 2 amide bonds. The van der Waals surface area contributed by atoms with Gasteiger partial charge >= 0.3 is 0 Å². The molecule has 0 bridgehead atoms. The van der Waals surface area contributed by atoms with E-state index in [1.807, 2.05) is 47.4 Å². The van der Waals surface area contributed by atoms with E-state index in [1.165, 1.54) is 11.3 Å². The zero-order chi connectivity index (χ0) is 25.9. The first-order valence-electron chi connectivity index (χ1n) is 12.7. The summed E-state index contributed by atoms with van der Waals surface area (Å²) in [5.41, 5.74) is 3.97. The second kappa shape index (κ2) is 10.9. The van der Waals surface area contributed by atoms with Gasteiger partial charge < -0.3 is 19.4 Å². The molecular weight excluding hydrogens is 486 g/mol. The predicted molar refractivity (Wildman–Crippen MR) is 147 cm³/mol.